The molecule has 35 heavy (non-hydrogen) atoms. The first-order valence-corrected chi connectivity index (χ1v) is 12.1. The van der Waals surface area contributed by atoms with Gasteiger partial charge in [0, 0.05) is 29.8 Å². The molecule has 1 aliphatic heterocycles. The van der Waals surface area contributed by atoms with Crippen LogP contribution in [0.1, 0.15) is 41.9 Å². The van der Waals surface area contributed by atoms with Gasteiger partial charge in [-0.15, -0.1) is 0 Å². The molecule has 0 spiro atoms. The van der Waals surface area contributed by atoms with Gasteiger partial charge in [0.15, 0.2) is 0 Å². The molecule has 3 heterocycles. The second-order valence-corrected chi connectivity index (χ2v) is 9.01. The van der Waals surface area contributed by atoms with Crippen molar-refractivity contribution in [2.24, 2.45) is 0 Å². The van der Waals surface area contributed by atoms with E-state index in [0.717, 1.165) is 60.3 Å². The summed E-state index contributed by atoms with van der Waals surface area (Å²) in [5.74, 6) is 1.36. The number of anilines is 1. The number of hydrogen-bond acceptors (Lipinski definition) is 4. The largest absolute Gasteiger partial charge is 0.338 e. The molecule has 5 aromatic rings. The van der Waals surface area contributed by atoms with Gasteiger partial charge in [0.2, 0.25) is 0 Å². The van der Waals surface area contributed by atoms with Crippen LogP contribution in [0.3, 0.4) is 0 Å². The highest BCUT2D eigenvalue weighted by atomic mass is 16.1. The highest BCUT2D eigenvalue weighted by Crippen LogP contribution is 2.23. The van der Waals surface area contributed by atoms with E-state index in [9.17, 15) is 9.59 Å². The van der Waals surface area contributed by atoms with Crippen molar-refractivity contribution in [3.63, 3.8) is 0 Å². The number of aryl methyl sites for hydroxylation is 1. The lowest BCUT2D eigenvalue weighted by Crippen LogP contribution is -2.26. The van der Waals surface area contributed by atoms with Gasteiger partial charge in [0.25, 0.3) is 11.5 Å². The predicted molar refractivity (Wildman–Crippen MR) is 138 cm³/mol. The van der Waals surface area contributed by atoms with Crippen molar-refractivity contribution in [3.8, 4) is 11.4 Å². The maximum atomic E-state index is 13.0. The van der Waals surface area contributed by atoms with Crippen molar-refractivity contribution >= 4 is 33.5 Å². The first-order chi connectivity index (χ1) is 17.2. The SMILES string of the molecule is O=C(Nc1ccc(-c2nc3ccccc3[nH]2)cc1)c1ccc2c(=O)n3c(nc2c1)CCCCCC3. The van der Waals surface area contributed by atoms with Crippen LogP contribution < -0.4 is 10.9 Å². The second kappa shape index (κ2) is 8.83. The maximum absolute atomic E-state index is 13.0. The quantitative estimate of drug-likeness (QED) is 0.379. The summed E-state index contributed by atoms with van der Waals surface area (Å²) in [5, 5.41) is 3.50. The number of para-hydroxylation sites is 2. The third kappa shape index (κ3) is 4.10. The molecular weight excluding hydrogens is 438 g/mol. The standard InChI is InChI=1S/C28H25N5O2/c34-27(29-20-13-10-18(11-14-20)26-31-22-7-4-5-8-23(22)32-26)19-12-15-21-24(17-19)30-25-9-3-1-2-6-16-33(25)28(21)35/h4-5,7-8,10-15,17H,1-3,6,9,16H2,(H,29,34)(H,31,32). The number of carbonyl (C=O) groups is 1. The Labute approximate surface area is 201 Å². The van der Waals surface area contributed by atoms with Gasteiger partial charge in [0.1, 0.15) is 11.6 Å². The number of nitrogens with zero attached hydrogens (tertiary/aromatic N) is 3. The molecule has 0 fully saturated rings. The number of benzene rings is 3. The second-order valence-electron chi connectivity index (χ2n) is 9.01. The molecule has 2 N–H and O–H groups in total. The molecule has 1 aliphatic rings. The number of imidazole rings is 1. The van der Waals surface area contributed by atoms with Crippen LogP contribution >= 0.6 is 0 Å². The number of nitrogens with one attached hydrogen (secondary N) is 2. The molecule has 0 bridgehead atoms. The van der Waals surface area contributed by atoms with Crippen LogP contribution in [0.4, 0.5) is 5.69 Å². The highest BCUT2D eigenvalue weighted by molar-refractivity contribution is 6.06. The smallest absolute Gasteiger partial charge is 0.261 e. The minimum Gasteiger partial charge on any atom is -0.338 e. The summed E-state index contributed by atoms with van der Waals surface area (Å²) < 4.78 is 1.81. The highest BCUT2D eigenvalue weighted by Gasteiger charge is 2.15. The Morgan fingerprint density at radius 1 is 0.886 bits per heavy atom. The lowest BCUT2D eigenvalue weighted by atomic mass is 10.1. The summed E-state index contributed by atoms with van der Waals surface area (Å²) in [6.45, 7) is 0.712. The van der Waals surface area contributed by atoms with Gasteiger partial charge < -0.3 is 10.3 Å². The van der Waals surface area contributed by atoms with E-state index in [0.29, 0.717) is 28.7 Å². The Kier molecular flexibility index (Phi) is 5.37. The molecule has 174 valence electrons. The van der Waals surface area contributed by atoms with Gasteiger partial charge in [-0.1, -0.05) is 25.0 Å². The Balaban J connectivity index is 1.24. The summed E-state index contributed by atoms with van der Waals surface area (Å²) in [4.78, 5) is 38.7. The first-order valence-electron chi connectivity index (χ1n) is 12.1. The third-order valence-electron chi connectivity index (χ3n) is 6.63. The average Bonchev–Trinajstić information content (AvgIpc) is 3.30. The number of H-pyrrole nitrogens is 1. The minimum absolute atomic E-state index is 0.0139. The van der Waals surface area contributed by atoms with Crippen LogP contribution in [-0.2, 0) is 13.0 Å². The molecular formula is C28H25N5O2. The number of rotatable bonds is 3. The molecule has 0 aliphatic carbocycles. The van der Waals surface area contributed by atoms with Gasteiger partial charge in [-0.3, -0.25) is 14.2 Å². The molecule has 7 nitrogen and oxygen atoms in total. The minimum atomic E-state index is -0.239. The Bertz CT molecular complexity index is 1580. The first kappa shape index (κ1) is 21.3. The lowest BCUT2D eigenvalue weighted by Gasteiger charge is -2.16. The molecule has 0 saturated heterocycles. The summed E-state index contributed by atoms with van der Waals surface area (Å²) in [7, 11) is 0. The molecule has 0 radical (unpaired) electrons. The zero-order chi connectivity index (χ0) is 23.8. The number of hydrogen-bond donors (Lipinski definition) is 2. The molecule has 2 aromatic heterocycles. The molecule has 0 unspecified atom stereocenters. The van der Waals surface area contributed by atoms with Crippen molar-refractivity contribution in [2.75, 3.05) is 5.32 Å². The van der Waals surface area contributed by atoms with Crippen molar-refractivity contribution in [1.82, 2.24) is 19.5 Å². The fourth-order valence-electron chi connectivity index (χ4n) is 4.74. The number of amides is 1. The van der Waals surface area contributed by atoms with E-state index in [1.807, 2.05) is 53.1 Å². The van der Waals surface area contributed by atoms with Crippen LogP contribution in [-0.4, -0.2) is 25.4 Å². The maximum Gasteiger partial charge on any atom is 0.261 e. The van der Waals surface area contributed by atoms with E-state index in [1.54, 1.807) is 18.2 Å². The van der Waals surface area contributed by atoms with Crippen LogP contribution in [0.15, 0.2) is 71.5 Å². The van der Waals surface area contributed by atoms with Crippen LogP contribution in [0, 0.1) is 0 Å². The van der Waals surface area contributed by atoms with Crippen LogP contribution in [0.5, 0.6) is 0 Å². The summed E-state index contributed by atoms with van der Waals surface area (Å²) >= 11 is 0. The Morgan fingerprint density at radius 2 is 1.71 bits per heavy atom. The molecule has 7 heteroatoms. The number of fused-ring (bicyclic) bond motifs is 3. The monoisotopic (exact) mass is 463 g/mol. The number of aromatic nitrogens is 4. The molecule has 6 rings (SSSR count). The Hall–Kier alpha value is -4.26. The predicted octanol–water partition coefficient (Wildman–Crippen LogP) is 5.31. The van der Waals surface area contributed by atoms with E-state index in [1.165, 1.54) is 0 Å². The summed E-state index contributed by atoms with van der Waals surface area (Å²) in [6.07, 6.45) is 5.12. The van der Waals surface area contributed by atoms with Gasteiger partial charge in [0.05, 0.1) is 21.9 Å². The van der Waals surface area contributed by atoms with E-state index >= 15 is 0 Å². The average molecular weight is 464 g/mol. The van der Waals surface area contributed by atoms with Crippen LogP contribution in [0.2, 0.25) is 0 Å². The van der Waals surface area contributed by atoms with E-state index in [4.69, 9.17) is 4.98 Å². The molecule has 1 amide bonds. The van der Waals surface area contributed by atoms with Crippen molar-refractivity contribution in [3.05, 3.63) is 88.5 Å². The zero-order valence-corrected chi connectivity index (χ0v) is 19.3. The summed E-state index contributed by atoms with van der Waals surface area (Å²) in [5.41, 5.74) is 4.55. The lowest BCUT2D eigenvalue weighted by molar-refractivity contribution is 0.102. The molecule has 0 saturated carbocycles. The van der Waals surface area contributed by atoms with Gasteiger partial charge in [-0.25, -0.2) is 9.97 Å². The van der Waals surface area contributed by atoms with Crippen molar-refractivity contribution in [1.29, 1.82) is 0 Å². The summed E-state index contributed by atoms with van der Waals surface area (Å²) in [6, 6.07) is 20.6. The van der Waals surface area contributed by atoms with Crippen molar-refractivity contribution < 1.29 is 4.79 Å². The van der Waals surface area contributed by atoms with E-state index in [-0.39, 0.29) is 11.5 Å². The topological polar surface area (TPSA) is 92.7 Å². The van der Waals surface area contributed by atoms with E-state index in [2.05, 4.69) is 15.3 Å². The molecule has 0 atom stereocenters. The Morgan fingerprint density at radius 3 is 2.57 bits per heavy atom. The third-order valence-corrected chi connectivity index (χ3v) is 6.63. The zero-order valence-electron chi connectivity index (χ0n) is 19.3. The van der Waals surface area contributed by atoms with Gasteiger partial charge in [-0.05, 0) is 67.4 Å². The fourth-order valence-corrected chi connectivity index (χ4v) is 4.74. The normalized spacial score (nSPS) is 13.8. The van der Waals surface area contributed by atoms with Crippen LogP contribution in [0.25, 0.3) is 33.3 Å². The van der Waals surface area contributed by atoms with E-state index < -0.39 is 0 Å². The fraction of sp³-hybridized carbons (Fsp3) is 0.214. The number of carbonyl (C=O) groups excluding carboxylic acids is 1. The van der Waals surface area contributed by atoms with Gasteiger partial charge in [-0.2, -0.15) is 0 Å². The number of aromatic amines is 1. The molecule has 3 aromatic carbocycles. The van der Waals surface area contributed by atoms with Gasteiger partial charge >= 0.3 is 0 Å². The van der Waals surface area contributed by atoms with Crippen molar-refractivity contribution in [2.45, 2.75) is 38.6 Å².